The van der Waals surface area contributed by atoms with Crippen molar-refractivity contribution in [1.29, 1.82) is 0 Å². The molecule has 0 saturated heterocycles. The molecule has 4 rings (SSSR count). The lowest BCUT2D eigenvalue weighted by molar-refractivity contribution is -0.384. The molecule has 4 aromatic rings. The maximum atomic E-state index is 11.6. The molecule has 0 N–H and O–H groups in total. The van der Waals surface area contributed by atoms with Gasteiger partial charge in [-0.1, -0.05) is 35.5 Å². The van der Waals surface area contributed by atoms with Gasteiger partial charge in [0.05, 0.1) is 24.2 Å². The monoisotopic (exact) mass is 503 g/mol. The minimum atomic E-state index is -0.533. The number of nitro benzene ring substituents is 1. The van der Waals surface area contributed by atoms with Crippen LogP contribution in [0.25, 0.3) is 21.8 Å². The third-order valence-corrected chi connectivity index (χ3v) is 6.08. The number of carbonyl (C=O) groups excluding carboxylic acids is 1. The van der Waals surface area contributed by atoms with E-state index in [2.05, 4.69) is 9.72 Å². The Hall–Kier alpha value is -4.08. The van der Waals surface area contributed by atoms with E-state index in [1.165, 1.54) is 13.0 Å². The molecule has 0 saturated carbocycles. The van der Waals surface area contributed by atoms with Crippen molar-refractivity contribution in [3.8, 4) is 0 Å². The Labute approximate surface area is 214 Å². The lowest BCUT2D eigenvalue weighted by atomic mass is 9.99. The largest absolute Gasteiger partial charge is 0.382 e. The van der Waals surface area contributed by atoms with E-state index in [9.17, 15) is 14.9 Å². The summed E-state index contributed by atoms with van der Waals surface area (Å²) in [6, 6.07) is 18.3. The molecule has 1 aromatic heterocycles. The van der Waals surface area contributed by atoms with Crippen molar-refractivity contribution in [1.82, 2.24) is 4.57 Å². The second-order valence-electron chi connectivity index (χ2n) is 8.73. The highest BCUT2D eigenvalue weighted by Crippen LogP contribution is 2.33. The number of methoxy groups -OCH3 is 1. The Morgan fingerprint density at radius 1 is 1.03 bits per heavy atom. The molecule has 0 amide bonds. The predicted molar refractivity (Wildman–Crippen MR) is 142 cm³/mol. The highest BCUT2D eigenvalue weighted by atomic mass is 16.7. The maximum Gasteiger partial charge on any atom is 0.332 e. The Kier molecular flexibility index (Phi) is 7.95. The Bertz CT molecular complexity index is 1470. The fraction of sp³-hybridized carbons (Fsp3) is 0.286. The van der Waals surface area contributed by atoms with E-state index >= 15 is 0 Å². The van der Waals surface area contributed by atoms with Gasteiger partial charge in [-0.2, -0.15) is 0 Å². The maximum absolute atomic E-state index is 11.6. The molecule has 0 radical (unpaired) electrons. The summed E-state index contributed by atoms with van der Waals surface area (Å²) in [4.78, 5) is 27.6. The first-order chi connectivity index (χ1) is 17.8. The van der Waals surface area contributed by atoms with E-state index < -0.39 is 10.9 Å². The van der Waals surface area contributed by atoms with Gasteiger partial charge in [0.15, 0.2) is 0 Å². The van der Waals surface area contributed by atoms with E-state index in [1.54, 1.807) is 19.2 Å². The van der Waals surface area contributed by atoms with Gasteiger partial charge in [0, 0.05) is 65.6 Å². The van der Waals surface area contributed by atoms with Crippen molar-refractivity contribution >= 4 is 39.2 Å². The van der Waals surface area contributed by atoms with Crippen LogP contribution in [0.3, 0.4) is 0 Å². The van der Waals surface area contributed by atoms with Crippen LogP contribution in [-0.4, -0.2) is 41.0 Å². The van der Waals surface area contributed by atoms with Gasteiger partial charge < -0.3 is 18.9 Å². The zero-order valence-electron chi connectivity index (χ0n) is 21.3. The molecule has 0 bridgehead atoms. The molecule has 0 aliphatic rings. The van der Waals surface area contributed by atoms with Gasteiger partial charge in [0.2, 0.25) is 0 Å². The predicted octanol–water partition coefficient (Wildman–Crippen LogP) is 5.59. The quantitative estimate of drug-likeness (QED) is 0.121. The first kappa shape index (κ1) is 26.0. The molecule has 0 spiro atoms. The summed E-state index contributed by atoms with van der Waals surface area (Å²) in [6.45, 7) is 6.92. The van der Waals surface area contributed by atoms with Crippen LogP contribution in [0.1, 0.15) is 37.5 Å². The molecule has 3 aromatic carbocycles. The summed E-state index contributed by atoms with van der Waals surface area (Å²) >= 11 is 0. The van der Waals surface area contributed by atoms with Gasteiger partial charge >= 0.3 is 5.97 Å². The fourth-order valence-corrected chi connectivity index (χ4v) is 4.36. The molecule has 9 nitrogen and oxygen atoms in total. The van der Waals surface area contributed by atoms with Crippen LogP contribution in [0.4, 0.5) is 5.69 Å². The summed E-state index contributed by atoms with van der Waals surface area (Å²) in [5.74, 6) is -0.533. The number of rotatable bonds is 10. The van der Waals surface area contributed by atoms with Crippen LogP contribution in [-0.2, 0) is 32.3 Å². The Morgan fingerprint density at radius 2 is 1.68 bits per heavy atom. The lowest BCUT2D eigenvalue weighted by Crippen LogP contribution is -2.14. The van der Waals surface area contributed by atoms with Crippen LogP contribution < -0.4 is 0 Å². The summed E-state index contributed by atoms with van der Waals surface area (Å²) in [6.07, 6.45) is -0.0291. The lowest BCUT2D eigenvalue weighted by Gasteiger charge is -2.12. The molecular formula is C28H29N3O6. The van der Waals surface area contributed by atoms with E-state index in [0.717, 1.165) is 32.9 Å². The minimum Gasteiger partial charge on any atom is -0.382 e. The van der Waals surface area contributed by atoms with Crippen molar-refractivity contribution < 1.29 is 24.0 Å². The highest BCUT2D eigenvalue weighted by Gasteiger charge is 2.17. The molecule has 1 unspecified atom stereocenters. The molecular weight excluding hydrogens is 474 g/mol. The number of non-ortho nitro benzene ring substituents is 1. The number of hydrogen-bond donors (Lipinski definition) is 0. The average Bonchev–Trinajstić information content (AvgIpc) is 3.20. The number of hydrogen-bond acceptors (Lipinski definition) is 7. The fourth-order valence-electron chi connectivity index (χ4n) is 4.36. The normalized spacial score (nSPS) is 12.7. The molecule has 37 heavy (non-hydrogen) atoms. The van der Waals surface area contributed by atoms with Crippen molar-refractivity contribution in [2.24, 2.45) is 5.16 Å². The van der Waals surface area contributed by atoms with Crippen LogP contribution in [0, 0.1) is 10.1 Å². The topological polar surface area (TPSA) is 105 Å². The smallest absolute Gasteiger partial charge is 0.332 e. The zero-order valence-corrected chi connectivity index (χ0v) is 21.3. The van der Waals surface area contributed by atoms with E-state index in [0.29, 0.717) is 31.0 Å². The number of benzene rings is 3. The zero-order chi connectivity index (χ0) is 26.5. The van der Waals surface area contributed by atoms with E-state index in [1.807, 2.05) is 56.3 Å². The summed E-state index contributed by atoms with van der Waals surface area (Å²) in [5.41, 5.74) is 4.80. The number of aromatic nitrogens is 1. The number of carbonyl (C=O) groups is 1. The van der Waals surface area contributed by atoms with Crippen LogP contribution in [0.2, 0.25) is 0 Å². The Balaban J connectivity index is 1.77. The number of ether oxygens (including phenoxy) is 2. The first-order valence-electron chi connectivity index (χ1n) is 12.0. The third-order valence-electron chi connectivity index (χ3n) is 6.08. The molecule has 0 aliphatic carbocycles. The number of oxime groups is 1. The molecule has 0 aliphatic heterocycles. The summed E-state index contributed by atoms with van der Waals surface area (Å²) in [5, 5.41) is 17.2. The average molecular weight is 504 g/mol. The van der Waals surface area contributed by atoms with Crippen LogP contribution in [0.15, 0.2) is 65.8 Å². The van der Waals surface area contributed by atoms with Gasteiger partial charge in [0.25, 0.3) is 5.69 Å². The molecule has 192 valence electrons. The van der Waals surface area contributed by atoms with Crippen molar-refractivity contribution in [2.45, 2.75) is 40.0 Å². The molecule has 1 atom stereocenters. The van der Waals surface area contributed by atoms with Crippen LogP contribution >= 0.6 is 0 Å². The SMILES string of the molecule is CCn1c2ccc(C(=NOC(C)=O)c3ccc(COC(C)COC)cc3)cc2c2cc([N+](=O)[O-])ccc21. The van der Waals surface area contributed by atoms with E-state index in [4.69, 9.17) is 14.3 Å². The number of nitrogens with zero attached hydrogens (tertiary/aromatic N) is 3. The first-order valence-corrected chi connectivity index (χ1v) is 12.0. The number of aryl methyl sites for hydroxylation is 1. The van der Waals surface area contributed by atoms with Gasteiger partial charge in [-0.05, 0) is 37.6 Å². The van der Waals surface area contributed by atoms with Gasteiger partial charge in [-0.3, -0.25) is 10.1 Å². The Morgan fingerprint density at radius 3 is 2.30 bits per heavy atom. The van der Waals surface area contributed by atoms with Gasteiger partial charge in [-0.25, -0.2) is 4.79 Å². The number of fused-ring (bicyclic) bond motifs is 3. The second kappa shape index (κ2) is 11.3. The third kappa shape index (κ3) is 5.68. The van der Waals surface area contributed by atoms with Crippen molar-refractivity contribution in [2.75, 3.05) is 13.7 Å². The molecule has 9 heteroatoms. The summed E-state index contributed by atoms with van der Waals surface area (Å²) in [7, 11) is 1.64. The van der Waals surface area contributed by atoms with E-state index in [-0.39, 0.29) is 11.8 Å². The standard InChI is InChI=1S/C28H29N3O6/c1-5-30-26-12-10-22(14-24(26)25-15-23(31(33)34)11-13-27(25)30)28(29-37-19(3)32)21-8-6-20(7-9-21)17-36-18(2)16-35-4/h6-15,18H,5,16-17H2,1-4H3. The van der Waals surface area contributed by atoms with Gasteiger partial charge in [-0.15, -0.1) is 0 Å². The molecule has 0 fully saturated rings. The molecule has 1 heterocycles. The van der Waals surface area contributed by atoms with Crippen molar-refractivity contribution in [3.63, 3.8) is 0 Å². The number of nitro groups is 1. The highest BCUT2D eigenvalue weighted by molar-refractivity contribution is 6.17. The minimum absolute atomic E-state index is 0.0273. The van der Waals surface area contributed by atoms with Crippen molar-refractivity contribution in [3.05, 3.63) is 87.5 Å². The van der Waals surface area contributed by atoms with Gasteiger partial charge in [0.1, 0.15) is 5.71 Å². The second-order valence-corrected chi connectivity index (χ2v) is 8.73. The van der Waals surface area contributed by atoms with Crippen LogP contribution in [0.5, 0.6) is 0 Å². The summed E-state index contributed by atoms with van der Waals surface area (Å²) < 4.78 is 13.0.